The molecule has 104 valence electrons. The van der Waals surface area contributed by atoms with Crippen molar-refractivity contribution in [1.29, 1.82) is 0 Å². The van der Waals surface area contributed by atoms with Gasteiger partial charge in [-0.1, -0.05) is 20.8 Å². The molecule has 2 heterocycles. The fourth-order valence-electron chi connectivity index (χ4n) is 2.78. The second kappa shape index (κ2) is 4.64. The third-order valence-corrected chi connectivity index (χ3v) is 9.45. The highest BCUT2D eigenvalue weighted by Crippen LogP contribution is 2.40. The standard InChI is InChI=1S/C14H27NO2Si/c1-14(2,3)18(4,5)17-12-8-9-13(16)15-10-6-7-11(12)15/h11-12H,6-10H2,1-5H3/t11-,12+/m0/s1. The van der Waals surface area contributed by atoms with Gasteiger partial charge in [-0.05, 0) is 37.4 Å². The summed E-state index contributed by atoms with van der Waals surface area (Å²) in [7, 11) is -1.71. The monoisotopic (exact) mass is 269 g/mol. The van der Waals surface area contributed by atoms with Gasteiger partial charge in [0.05, 0.1) is 12.1 Å². The molecule has 0 aromatic rings. The number of hydrogen-bond donors (Lipinski definition) is 0. The Morgan fingerprint density at radius 1 is 1.28 bits per heavy atom. The minimum atomic E-state index is -1.71. The van der Waals surface area contributed by atoms with Crippen LogP contribution >= 0.6 is 0 Å². The van der Waals surface area contributed by atoms with Crippen molar-refractivity contribution in [3.8, 4) is 0 Å². The van der Waals surface area contributed by atoms with Gasteiger partial charge in [0.25, 0.3) is 0 Å². The Balaban J connectivity index is 2.08. The van der Waals surface area contributed by atoms with E-state index in [-0.39, 0.29) is 11.1 Å². The molecule has 2 saturated heterocycles. The number of amides is 1. The zero-order chi connectivity index (χ0) is 13.6. The summed E-state index contributed by atoms with van der Waals surface area (Å²) in [6.07, 6.45) is 4.16. The van der Waals surface area contributed by atoms with E-state index in [2.05, 4.69) is 38.8 Å². The average molecular weight is 269 g/mol. The second-order valence-corrected chi connectivity index (χ2v) is 12.0. The van der Waals surface area contributed by atoms with Crippen LogP contribution in [0, 0.1) is 0 Å². The summed E-state index contributed by atoms with van der Waals surface area (Å²) in [5.74, 6) is 0.340. The van der Waals surface area contributed by atoms with Crippen LogP contribution in [0.1, 0.15) is 46.5 Å². The van der Waals surface area contributed by atoms with Crippen molar-refractivity contribution in [3.05, 3.63) is 0 Å². The summed E-state index contributed by atoms with van der Waals surface area (Å²) in [5.41, 5.74) is 0. The van der Waals surface area contributed by atoms with E-state index in [1.165, 1.54) is 0 Å². The van der Waals surface area contributed by atoms with E-state index in [1.54, 1.807) is 0 Å². The average Bonchev–Trinajstić information content (AvgIpc) is 2.70. The van der Waals surface area contributed by atoms with Crippen LogP contribution in [0.4, 0.5) is 0 Å². The van der Waals surface area contributed by atoms with Crippen LogP contribution in [-0.2, 0) is 9.22 Å². The predicted molar refractivity (Wildman–Crippen MR) is 76.0 cm³/mol. The maximum Gasteiger partial charge on any atom is 0.223 e. The molecule has 2 atom stereocenters. The molecule has 0 radical (unpaired) electrons. The van der Waals surface area contributed by atoms with Crippen molar-refractivity contribution in [2.45, 2.75) is 76.7 Å². The van der Waals surface area contributed by atoms with E-state index in [9.17, 15) is 4.79 Å². The van der Waals surface area contributed by atoms with E-state index in [0.717, 1.165) is 25.8 Å². The van der Waals surface area contributed by atoms with Crippen LogP contribution < -0.4 is 0 Å². The summed E-state index contributed by atoms with van der Waals surface area (Å²) in [5, 5.41) is 0.248. The third kappa shape index (κ3) is 2.50. The van der Waals surface area contributed by atoms with E-state index in [0.29, 0.717) is 18.4 Å². The molecule has 0 bridgehead atoms. The predicted octanol–water partition coefficient (Wildman–Crippen LogP) is 3.16. The summed E-state index contributed by atoms with van der Waals surface area (Å²) in [6.45, 7) is 12.4. The summed E-state index contributed by atoms with van der Waals surface area (Å²) in [4.78, 5) is 13.9. The molecule has 0 aliphatic carbocycles. The minimum absolute atomic E-state index is 0.248. The Labute approximate surface area is 112 Å². The molecular weight excluding hydrogens is 242 g/mol. The molecule has 2 aliphatic heterocycles. The third-order valence-electron chi connectivity index (χ3n) is 4.94. The van der Waals surface area contributed by atoms with E-state index in [4.69, 9.17) is 4.43 Å². The van der Waals surface area contributed by atoms with Gasteiger partial charge in [-0.25, -0.2) is 0 Å². The fraction of sp³-hybridized carbons (Fsp3) is 0.929. The molecule has 1 amide bonds. The topological polar surface area (TPSA) is 29.5 Å². The summed E-state index contributed by atoms with van der Waals surface area (Å²) < 4.78 is 6.55. The molecule has 0 N–H and O–H groups in total. The first-order valence-corrected chi connectivity index (χ1v) is 10.1. The Morgan fingerprint density at radius 2 is 1.94 bits per heavy atom. The molecule has 0 saturated carbocycles. The van der Waals surface area contributed by atoms with Crippen molar-refractivity contribution in [2.75, 3.05) is 6.54 Å². The zero-order valence-electron chi connectivity index (χ0n) is 12.5. The van der Waals surface area contributed by atoms with E-state index >= 15 is 0 Å². The minimum Gasteiger partial charge on any atom is -0.412 e. The highest BCUT2D eigenvalue weighted by atomic mass is 28.4. The molecule has 2 rings (SSSR count). The second-order valence-electron chi connectivity index (χ2n) is 7.25. The van der Waals surface area contributed by atoms with Crippen molar-refractivity contribution >= 4 is 14.2 Å². The highest BCUT2D eigenvalue weighted by molar-refractivity contribution is 6.74. The Morgan fingerprint density at radius 3 is 2.56 bits per heavy atom. The van der Waals surface area contributed by atoms with Crippen LogP contribution in [-0.4, -0.2) is 37.8 Å². The molecule has 0 spiro atoms. The molecule has 0 unspecified atom stereocenters. The molecule has 0 aromatic carbocycles. The molecule has 4 heteroatoms. The summed E-state index contributed by atoms with van der Waals surface area (Å²) in [6, 6.07) is 0.361. The van der Waals surface area contributed by atoms with Gasteiger partial charge in [0.2, 0.25) is 5.91 Å². The Bertz CT molecular complexity index is 335. The van der Waals surface area contributed by atoms with Gasteiger partial charge in [0.1, 0.15) is 0 Å². The first kappa shape index (κ1) is 14.1. The molecule has 2 aliphatic rings. The van der Waals surface area contributed by atoms with Gasteiger partial charge >= 0.3 is 0 Å². The van der Waals surface area contributed by atoms with Crippen LogP contribution in [0.25, 0.3) is 0 Å². The maximum atomic E-state index is 11.9. The lowest BCUT2D eigenvalue weighted by Gasteiger charge is -2.44. The van der Waals surface area contributed by atoms with Crippen molar-refractivity contribution in [2.24, 2.45) is 0 Å². The van der Waals surface area contributed by atoms with E-state index in [1.807, 2.05) is 0 Å². The SMILES string of the molecule is CC(C)(C)[Si](C)(C)O[C@@H]1CCC(=O)N2CCC[C@@H]12. The van der Waals surface area contributed by atoms with Crippen molar-refractivity contribution in [3.63, 3.8) is 0 Å². The smallest absolute Gasteiger partial charge is 0.223 e. The zero-order valence-corrected chi connectivity index (χ0v) is 13.5. The Hall–Kier alpha value is -0.353. The van der Waals surface area contributed by atoms with Crippen LogP contribution in [0.15, 0.2) is 0 Å². The molecular formula is C14H27NO2Si. The largest absolute Gasteiger partial charge is 0.412 e. The number of rotatable bonds is 2. The molecule has 18 heavy (non-hydrogen) atoms. The van der Waals surface area contributed by atoms with Crippen LogP contribution in [0.3, 0.4) is 0 Å². The quantitative estimate of drug-likeness (QED) is 0.721. The van der Waals surface area contributed by atoms with Gasteiger partial charge in [0, 0.05) is 13.0 Å². The lowest BCUT2D eigenvalue weighted by atomic mass is 9.99. The fourth-order valence-corrected chi connectivity index (χ4v) is 4.17. The summed E-state index contributed by atoms with van der Waals surface area (Å²) >= 11 is 0. The van der Waals surface area contributed by atoms with Crippen LogP contribution in [0.2, 0.25) is 18.1 Å². The number of fused-ring (bicyclic) bond motifs is 1. The number of carbonyl (C=O) groups excluding carboxylic acids is 1. The molecule has 3 nitrogen and oxygen atoms in total. The first-order valence-electron chi connectivity index (χ1n) is 7.20. The first-order chi connectivity index (χ1) is 8.22. The van der Waals surface area contributed by atoms with Gasteiger partial charge in [-0.15, -0.1) is 0 Å². The Kier molecular flexibility index (Phi) is 3.62. The lowest BCUT2D eigenvalue weighted by Crippen LogP contribution is -2.54. The lowest BCUT2D eigenvalue weighted by molar-refractivity contribution is -0.138. The molecule has 2 fully saturated rings. The highest BCUT2D eigenvalue weighted by Gasteiger charge is 2.45. The van der Waals surface area contributed by atoms with Crippen molar-refractivity contribution in [1.82, 2.24) is 4.90 Å². The van der Waals surface area contributed by atoms with Crippen molar-refractivity contribution < 1.29 is 9.22 Å². The van der Waals surface area contributed by atoms with Gasteiger partial charge < -0.3 is 9.33 Å². The van der Waals surface area contributed by atoms with Gasteiger partial charge in [-0.2, -0.15) is 0 Å². The molecule has 0 aromatic heterocycles. The number of hydrogen-bond acceptors (Lipinski definition) is 2. The maximum absolute atomic E-state index is 11.9. The van der Waals surface area contributed by atoms with Gasteiger partial charge in [-0.3, -0.25) is 4.79 Å². The number of piperidine rings is 1. The van der Waals surface area contributed by atoms with Gasteiger partial charge in [0.15, 0.2) is 8.32 Å². The van der Waals surface area contributed by atoms with Crippen LogP contribution in [0.5, 0.6) is 0 Å². The normalized spacial score (nSPS) is 29.6. The number of carbonyl (C=O) groups is 1. The number of nitrogens with zero attached hydrogens (tertiary/aromatic N) is 1. The van der Waals surface area contributed by atoms with E-state index < -0.39 is 8.32 Å².